The molecule has 1 aliphatic carbocycles. The van der Waals surface area contributed by atoms with Crippen molar-refractivity contribution in [2.75, 3.05) is 0 Å². The topological polar surface area (TPSA) is 89.3 Å². The Labute approximate surface area is 187 Å². The lowest BCUT2D eigenvalue weighted by Crippen LogP contribution is -2.40. The van der Waals surface area contributed by atoms with E-state index in [1.165, 1.54) is 23.5 Å². The van der Waals surface area contributed by atoms with Crippen molar-refractivity contribution in [3.05, 3.63) is 59.6 Å². The summed E-state index contributed by atoms with van der Waals surface area (Å²) < 4.78 is 23.1. The number of hydrogen-bond acceptors (Lipinski definition) is 6. The van der Waals surface area contributed by atoms with Crippen molar-refractivity contribution in [1.29, 1.82) is 0 Å². The largest absolute Gasteiger partial charge is 0.453 e. The quantitative estimate of drug-likeness (QED) is 0.472. The van der Waals surface area contributed by atoms with E-state index in [1.807, 2.05) is 5.38 Å². The van der Waals surface area contributed by atoms with E-state index in [-0.39, 0.29) is 23.4 Å². The standard InChI is InChI=1S/C23H21FN4O3S/c1-28-12-14(11-25-28)13-5-6-20(15(24)9-13)31-21-10-18(26-17-7-8-32-22(17)21)23(30)27-16-3-2-4-19(16)29/h5-12,16,19,29H,2-4H2,1H3,(H,27,30)/t16-,19-/m0/s1. The lowest BCUT2D eigenvalue weighted by atomic mass is 10.1. The Morgan fingerprint density at radius 2 is 2.12 bits per heavy atom. The molecule has 164 valence electrons. The minimum atomic E-state index is -0.549. The molecule has 0 radical (unpaired) electrons. The molecule has 1 aromatic carbocycles. The number of carbonyl (C=O) groups excluding carboxylic acids is 1. The maximum absolute atomic E-state index is 14.9. The zero-order valence-electron chi connectivity index (χ0n) is 17.3. The van der Waals surface area contributed by atoms with E-state index in [0.29, 0.717) is 23.3 Å². The van der Waals surface area contributed by atoms with Gasteiger partial charge >= 0.3 is 0 Å². The summed E-state index contributed by atoms with van der Waals surface area (Å²) >= 11 is 1.40. The number of thiophene rings is 1. The van der Waals surface area contributed by atoms with Crippen LogP contribution < -0.4 is 10.1 Å². The normalized spacial score (nSPS) is 18.2. The molecule has 0 bridgehead atoms. The summed E-state index contributed by atoms with van der Waals surface area (Å²) in [6.07, 6.45) is 5.19. The lowest BCUT2D eigenvalue weighted by molar-refractivity contribution is 0.0868. The van der Waals surface area contributed by atoms with Crippen LogP contribution in [0, 0.1) is 5.82 Å². The van der Waals surface area contributed by atoms with E-state index < -0.39 is 11.9 Å². The van der Waals surface area contributed by atoms with Gasteiger partial charge in [0.15, 0.2) is 11.6 Å². The van der Waals surface area contributed by atoms with Gasteiger partial charge in [0.1, 0.15) is 11.4 Å². The second-order valence-electron chi connectivity index (χ2n) is 7.87. The molecule has 4 aromatic rings. The van der Waals surface area contributed by atoms with Crippen LogP contribution in [0.5, 0.6) is 11.5 Å². The van der Waals surface area contributed by atoms with E-state index in [9.17, 15) is 14.3 Å². The second-order valence-corrected chi connectivity index (χ2v) is 8.78. The monoisotopic (exact) mass is 452 g/mol. The fourth-order valence-electron chi connectivity index (χ4n) is 3.92. The zero-order valence-corrected chi connectivity index (χ0v) is 18.1. The number of pyridine rings is 1. The SMILES string of the molecule is Cn1cc(-c2ccc(Oc3cc(C(=O)N[C@H]4CCC[C@@H]4O)nc4ccsc34)c(F)c2)cn1. The fraction of sp³-hybridized carbons (Fsp3) is 0.261. The summed E-state index contributed by atoms with van der Waals surface area (Å²) in [6, 6.07) is 7.74. The average Bonchev–Trinajstić information content (AvgIpc) is 3.51. The predicted octanol–water partition coefficient (Wildman–Crippen LogP) is 4.27. The first-order valence-electron chi connectivity index (χ1n) is 10.3. The summed E-state index contributed by atoms with van der Waals surface area (Å²) in [5, 5.41) is 18.8. The van der Waals surface area contributed by atoms with Crippen molar-refractivity contribution in [2.45, 2.75) is 31.4 Å². The van der Waals surface area contributed by atoms with Crippen LogP contribution in [-0.4, -0.2) is 37.9 Å². The van der Waals surface area contributed by atoms with Crippen LogP contribution in [-0.2, 0) is 7.05 Å². The van der Waals surface area contributed by atoms with E-state index in [0.717, 1.165) is 23.1 Å². The Kier molecular flexibility index (Phi) is 5.36. The van der Waals surface area contributed by atoms with Gasteiger partial charge in [0.25, 0.3) is 5.91 Å². The molecular formula is C23H21FN4O3S. The molecule has 2 atom stereocenters. The van der Waals surface area contributed by atoms with E-state index >= 15 is 0 Å². The Morgan fingerprint density at radius 1 is 1.25 bits per heavy atom. The second kappa shape index (κ2) is 8.33. The highest BCUT2D eigenvalue weighted by atomic mass is 32.1. The molecule has 0 aliphatic heterocycles. The molecule has 3 aromatic heterocycles. The van der Waals surface area contributed by atoms with Crippen LogP contribution in [0.1, 0.15) is 29.8 Å². The Bertz CT molecular complexity index is 1300. The highest BCUT2D eigenvalue weighted by Gasteiger charge is 2.27. The van der Waals surface area contributed by atoms with Gasteiger partial charge in [0.2, 0.25) is 0 Å². The molecule has 1 aliphatic rings. The van der Waals surface area contributed by atoms with Crippen molar-refractivity contribution < 1.29 is 19.0 Å². The molecular weight excluding hydrogens is 431 g/mol. The Balaban J connectivity index is 1.44. The van der Waals surface area contributed by atoms with Crippen molar-refractivity contribution in [3.63, 3.8) is 0 Å². The first-order chi connectivity index (χ1) is 15.5. The number of hydrogen-bond donors (Lipinski definition) is 2. The average molecular weight is 453 g/mol. The van der Waals surface area contributed by atoms with Crippen molar-refractivity contribution >= 4 is 27.5 Å². The molecule has 1 amide bonds. The van der Waals surface area contributed by atoms with Gasteiger partial charge < -0.3 is 15.2 Å². The van der Waals surface area contributed by atoms with Crippen LogP contribution >= 0.6 is 11.3 Å². The number of amides is 1. The molecule has 9 heteroatoms. The number of nitrogens with zero attached hydrogens (tertiary/aromatic N) is 3. The first kappa shape index (κ1) is 20.6. The van der Waals surface area contributed by atoms with Gasteiger partial charge in [-0.2, -0.15) is 5.10 Å². The fourth-order valence-corrected chi connectivity index (χ4v) is 4.71. The predicted molar refractivity (Wildman–Crippen MR) is 119 cm³/mol. The Hall–Kier alpha value is -3.30. The summed E-state index contributed by atoms with van der Waals surface area (Å²) in [7, 11) is 1.80. The van der Waals surface area contributed by atoms with Crippen LogP contribution in [0.2, 0.25) is 0 Å². The van der Waals surface area contributed by atoms with Crippen LogP contribution in [0.25, 0.3) is 21.3 Å². The highest BCUT2D eigenvalue weighted by Crippen LogP contribution is 2.36. The number of aryl methyl sites for hydroxylation is 1. The summed E-state index contributed by atoms with van der Waals surface area (Å²) in [5.74, 6) is -0.500. The third-order valence-corrected chi connectivity index (χ3v) is 6.51. The molecule has 32 heavy (non-hydrogen) atoms. The highest BCUT2D eigenvalue weighted by molar-refractivity contribution is 7.17. The molecule has 5 rings (SSSR count). The number of nitrogens with one attached hydrogen (secondary N) is 1. The third-order valence-electron chi connectivity index (χ3n) is 5.60. The number of aromatic nitrogens is 3. The van der Waals surface area contributed by atoms with Crippen molar-refractivity contribution in [1.82, 2.24) is 20.1 Å². The molecule has 0 unspecified atom stereocenters. The molecule has 2 N–H and O–H groups in total. The van der Waals surface area contributed by atoms with Gasteiger partial charge in [-0.05, 0) is 48.4 Å². The van der Waals surface area contributed by atoms with Crippen molar-refractivity contribution in [3.8, 4) is 22.6 Å². The van der Waals surface area contributed by atoms with Crippen LogP contribution in [0.15, 0.2) is 48.1 Å². The molecule has 1 saturated carbocycles. The third kappa shape index (κ3) is 3.96. The van der Waals surface area contributed by atoms with Gasteiger partial charge in [-0.1, -0.05) is 6.07 Å². The number of halogens is 1. The number of carbonyl (C=O) groups is 1. The molecule has 0 saturated heterocycles. The summed E-state index contributed by atoms with van der Waals surface area (Å²) in [4.78, 5) is 17.2. The maximum Gasteiger partial charge on any atom is 0.270 e. The van der Waals surface area contributed by atoms with Gasteiger partial charge in [-0.25, -0.2) is 9.37 Å². The first-order valence-corrected chi connectivity index (χ1v) is 11.2. The van der Waals surface area contributed by atoms with Crippen molar-refractivity contribution in [2.24, 2.45) is 7.05 Å². The number of ether oxygens (including phenoxy) is 1. The van der Waals surface area contributed by atoms with Gasteiger partial charge in [0.05, 0.1) is 28.6 Å². The molecule has 0 spiro atoms. The summed E-state index contributed by atoms with van der Waals surface area (Å²) in [5.41, 5.74) is 2.25. The summed E-state index contributed by atoms with van der Waals surface area (Å²) in [6.45, 7) is 0. The zero-order chi connectivity index (χ0) is 22.2. The van der Waals surface area contributed by atoms with E-state index in [2.05, 4.69) is 15.4 Å². The van der Waals surface area contributed by atoms with Gasteiger partial charge in [0, 0.05) is 24.9 Å². The number of fused-ring (bicyclic) bond motifs is 1. The number of benzene rings is 1. The van der Waals surface area contributed by atoms with Gasteiger partial charge in [-0.3, -0.25) is 9.48 Å². The minimum Gasteiger partial charge on any atom is -0.453 e. The smallest absolute Gasteiger partial charge is 0.270 e. The van der Waals surface area contributed by atoms with Crippen LogP contribution in [0.4, 0.5) is 4.39 Å². The van der Waals surface area contributed by atoms with Crippen LogP contribution in [0.3, 0.4) is 0 Å². The Morgan fingerprint density at radius 3 is 2.84 bits per heavy atom. The molecule has 3 heterocycles. The number of aliphatic hydroxyl groups excluding tert-OH is 1. The van der Waals surface area contributed by atoms with Gasteiger partial charge in [-0.15, -0.1) is 11.3 Å². The molecule has 7 nitrogen and oxygen atoms in total. The maximum atomic E-state index is 14.9. The van der Waals surface area contributed by atoms with E-state index in [1.54, 1.807) is 42.3 Å². The van der Waals surface area contributed by atoms with E-state index in [4.69, 9.17) is 4.74 Å². The minimum absolute atomic E-state index is 0.0520. The number of rotatable bonds is 5. The molecule has 1 fully saturated rings. The lowest BCUT2D eigenvalue weighted by Gasteiger charge is -2.16. The number of aliphatic hydroxyl groups is 1.